The van der Waals surface area contributed by atoms with Crippen molar-refractivity contribution in [3.63, 3.8) is 0 Å². The van der Waals surface area contributed by atoms with Gasteiger partial charge in [-0.05, 0) is 18.4 Å². The zero-order chi connectivity index (χ0) is 14.3. The largest absolute Gasteiger partial charge is 0.480 e. The molecule has 0 aliphatic carbocycles. The van der Waals surface area contributed by atoms with Crippen LogP contribution in [0.1, 0.15) is 25.8 Å². The Morgan fingerprint density at radius 3 is 2.84 bits per heavy atom. The summed E-state index contributed by atoms with van der Waals surface area (Å²) in [5.41, 5.74) is 0.329. The highest BCUT2D eigenvalue weighted by Gasteiger charge is 2.11. The first kappa shape index (κ1) is 15.4. The number of aliphatic hydroxyl groups excluding tert-OH is 1. The number of aliphatic hydroxyl groups is 1. The molecule has 0 unspecified atom stereocenters. The zero-order valence-corrected chi connectivity index (χ0v) is 11.3. The highest BCUT2D eigenvalue weighted by molar-refractivity contribution is 5.77. The fraction of sp³-hybridized carbons (Fsp3) is 0.500. The average molecular weight is 269 g/mol. The van der Waals surface area contributed by atoms with Crippen molar-refractivity contribution in [1.29, 1.82) is 0 Å². The van der Waals surface area contributed by atoms with Crippen LogP contribution in [0.3, 0.4) is 0 Å². The molecule has 5 heteroatoms. The van der Waals surface area contributed by atoms with Gasteiger partial charge in [-0.2, -0.15) is 0 Å². The van der Waals surface area contributed by atoms with E-state index in [4.69, 9.17) is 9.84 Å². The lowest BCUT2D eigenvalue weighted by molar-refractivity contribution is -0.123. The van der Waals surface area contributed by atoms with Crippen LogP contribution in [0.15, 0.2) is 18.2 Å². The van der Waals surface area contributed by atoms with Gasteiger partial charge in [0.05, 0.1) is 6.61 Å². The number of hydrogen-bond acceptors (Lipinski definition) is 3. The van der Waals surface area contributed by atoms with Crippen molar-refractivity contribution in [2.75, 3.05) is 13.2 Å². The van der Waals surface area contributed by atoms with E-state index in [9.17, 15) is 9.18 Å². The van der Waals surface area contributed by atoms with Crippen molar-refractivity contribution in [1.82, 2.24) is 5.32 Å². The molecule has 0 aliphatic rings. The van der Waals surface area contributed by atoms with Gasteiger partial charge in [0, 0.05) is 12.1 Å². The number of carbonyl (C=O) groups excluding carboxylic acids is 1. The smallest absolute Gasteiger partial charge is 0.257 e. The number of benzene rings is 1. The lowest BCUT2D eigenvalue weighted by atomic mass is 10.1. The maximum Gasteiger partial charge on any atom is 0.257 e. The molecule has 1 rings (SSSR count). The molecule has 4 nitrogen and oxygen atoms in total. The first-order chi connectivity index (χ1) is 9.04. The van der Waals surface area contributed by atoms with E-state index in [0.717, 1.165) is 6.42 Å². The predicted octanol–water partition coefficient (Wildman–Crippen LogP) is 1.86. The van der Waals surface area contributed by atoms with Crippen LogP contribution in [-0.2, 0) is 11.4 Å². The number of hydrogen-bond donors (Lipinski definition) is 2. The van der Waals surface area contributed by atoms with E-state index in [-0.39, 0.29) is 24.9 Å². The van der Waals surface area contributed by atoms with E-state index in [1.165, 1.54) is 12.1 Å². The molecular formula is C14H20FNO3. The van der Waals surface area contributed by atoms with Gasteiger partial charge in [-0.15, -0.1) is 0 Å². The SMILES string of the molecule is CC(C)CCNC(=O)COc1c(F)cccc1CO. The Hall–Kier alpha value is -1.62. The molecule has 0 fully saturated rings. The monoisotopic (exact) mass is 269 g/mol. The molecule has 106 valence electrons. The fourth-order valence-corrected chi connectivity index (χ4v) is 1.53. The zero-order valence-electron chi connectivity index (χ0n) is 11.3. The summed E-state index contributed by atoms with van der Waals surface area (Å²) in [6, 6.07) is 4.26. The number of carbonyl (C=O) groups is 1. The molecule has 0 aliphatic heterocycles. The molecule has 19 heavy (non-hydrogen) atoms. The van der Waals surface area contributed by atoms with E-state index < -0.39 is 5.82 Å². The third kappa shape index (κ3) is 5.26. The summed E-state index contributed by atoms with van der Waals surface area (Å²) in [5.74, 6) is -0.438. The molecule has 0 saturated carbocycles. The molecule has 0 atom stereocenters. The van der Waals surface area contributed by atoms with Gasteiger partial charge in [-0.1, -0.05) is 26.0 Å². The molecule has 0 bridgehead atoms. The van der Waals surface area contributed by atoms with Crippen molar-refractivity contribution < 1.29 is 19.0 Å². The molecule has 1 amide bonds. The summed E-state index contributed by atoms with van der Waals surface area (Å²) in [7, 11) is 0. The van der Waals surface area contributed by atoms with E-state index >= 15 is 0 Å². The van der Waals surface area contributed by atoms with Crippen LogP contribution in [-0.4, -0.2) is 24.2 Å². The highest BCUT2D eigenvalue weighted by Crippen LogP contribution is 2.22. The number of rotatable bonds is 7. The maximum atomic E-state index is 13.5. The van der Waals surface area contributed by atoms with Crippen LogP contribution >= 0.6 is 0 Å². The summed E-state index contributed by atoms with van der Waals surface area (Å²) < 4.78 is 18.6. The van der Waals surface area contributed by atoms with Crippen LogP contribution in [0.5, 0.6) is 5.75 Å². The molecule has 0 heterocycles. The van der Waals surface area contributed by atoms with Crippen LogP contribution in [0, 0.1) is 11.7 Å². The number of ether oxygens (including phenoxy) is 1. The Bertz CT molecular complexity index is 421. The minimum Gasteiger partial charge on any atom is -0.480 e. The Labute approximate surface area is 112 Å². The average Bonchev–Trinajstić information content (AvgIpc) is 2.36. The van der Waals surface area contributed by atoms with Crippen molar-refractivity contribution in [3.05, 3.63) is 29.6 Å². The number of nitrogens with one attached hydrogen (secondary N) is 1. The molecule has 0 aromatic heterocycles. The predicted molar refractivity (Wildman–Crippen MR) is 70.3 cm³/mol. The molecule has 2 N–H and O–H groups in total. The molecular weight excluding hydrogens is 249 g/mol. The van der Waals surface area contributed by atoms with E-state index in [1.807, 2.05) is 0 Å². The summed E-state index contributed by atoms with van der Waals surface area (Å²) >= 11 is 0. The topological polar surface area (TPSA) is 58.6 Å². The van der Waals surface area contributed by atoms with Gasteiger partial charge in [0.1, 0.15) is 0 Å². The Morgan fingerprint density at radius 1 is 1.47 bits per heavy atom. The van der Waals surface area contributed by atoms with Crippen LogP contribution in [0.25, 0.3) is 0 Å². The summed E-state index contributed by atoms with van der Waals surface area (Å²) in [6.07, 6.45) is 0.882. The van der Waals surface area contributed by atoms with Crippen LogP contribution in [0.2, 0.25) is 0 Å². The van der Waals surface area contributed by atoms with E-state index in [2.05, 4.69) is 19.2 Å². The molecule has 0 saturated heterocycles. The first-order valence-electron chi connectivity index (χ1n) is 6.32. The maximum absolute atomic E-state index is 13.5. The minimum atomic E-state index is -0.582. The third-order valence-electron chi connectivity index (χ3n) is 2.61. The second-order valence-electron chi connectivity index (χ2n) is 4.71. The van der Waals surface area contributed by atoms with Crippen molar-refractivity contribution in [2.24, 2.45) is 5.92 Å². The second kappa shape index (κ2) is 7.74. The normalized spacial score (nSPS) is 10.6. The van der Waals surface area contributed by atoms with Gasteiger partial charge in [-0.25, -0.2) is 4.39 Å². The van der Waals surface area contributed by atoms with Crippen molar-refractivity contribution in [2.45, 2.75) is 26.9 Å². The Morgan fingerprint density at radius 2 is 2.21 bits per heavy atom. The lowest BCUT2D eigenvalue weighted by Gasteiger charge is -2.11. The van der Waals surface area contributed by atoms with Crippen LogP contribution in [0.4, 0.5) is 4.39 Å². The lowest BCUT2D eigenvalue weighted by Crippen LogP contribution is -2.30. The number of halogens is 1. The molecule has 0 radical (unpaired) electrons. The quantitative estimate of drug-likeness (QED) is 0.794. The minimum absolute atomic E-state index is 0.0657. The standard InChI is InChI=1S/C14H20FNO3/c1-10(2)6-7-16-13(18)9-19-14-11(8-17)4-3-5-12(14)15/h3-5,10,17H,6-9H2,1-2H3,(H,16,18). The summed E-state index contributed by atoms with van der Waals surface area (Å²) in [6.45, 7) is 4.11. The highest BCUT2D eigenvalue weighted by atomic mass is 19.1. The summed E-state index contributed by atoms with van der Waals surface area (Å²) in [4.78, 5) is 11.5. The fourth-order valence-electron chi connectivity index (χ4n) is 1.53. The van der Waals surface area contributed by atoms with Gasteiger partial charge in [-0.3, -0.25) is 4.79 Å². The number of amides is 1. The third-order valence-corrected chi connectivity index (χ3v) is 2.61. The Balaban J connectivity index is 2.46. The van der Waals surface area contributed by atoms with E-state index in [1.54, 1.807) is 6.07 Å². The van der Waals surface area contributed by atoms with Crippen molar-refractivity contribution in [3.8, 4) is 5.75 Å². The Kier molecular flexibility index (Phi) is 6.29. The van der Waals surface area contributed by atoms with Gasteiger partial charge in [0.15, 0.2) is 18.2 Å². The van der Waals surface area contributed by atoms with Gasteiger partial charge in [0.25, 0.3) is 5.91 Å². The molecule has 0 spiro atoms. The van der Waals surface area contributed by atoms with Crippen LogP contribution < -0.4 is 10.1 Å². The van der Waals surface area contributed by atoms with Crippen molar-refractivity contribution >= 4 is 5.91 Å². The van der Waals surface area contributed by atoms with Gasteiger partial charge < -0.3 is 15.2 Å². The number of para-hydroxylation sites is 1. The molecule has 1 aromatic rings. The summed E-state index contributed by atoms with van der Waals surface area (Å²) in [5, 5.41) is 11.8. The first-order valence-corrected chi connectivity index (χ1v) is 6.32. The van der Waals surface area contributed by atoms with Gasteiger partial charge in [0.2, 0.25) is 0 Å². The second-order valence-corrected chi connectivity index (χ2v) is 4.71. The van der Waals surface area contributed by atoms with Gasteiger partial charge >= 0.3 is 0 Å². The van der Waals surface area contributed by atoms with E-state index in [0.29, 0.717) is 18.0 Å². The molecule has 1 aromatic carbocycles.